The van der Waals surface area contributed by atoms with Gasteiger partial charge in [-0.05, 0) is 67.0 Å². The first-order chi connectivity index (χ1) is 15.2. The molecule has 0 spiro atoms. The van der Waals surface area contributed by atoms with E-state index in [9.17, 15) is 4.79 Å². The number of methoxy groups -OCH3 is 1. The fourth-order valence-corrected chi connectivity index (χ4v) is 3.70. The summed E-state index contributed by atoms with van der Waals surface area (Å²) in [7, 11) is 2.99. The number of carbonyl (C=O) groups excluding carboxylic acids is 1. The lowest BCUT2D eigenvalue weighted by atomic mass is 9.89. The highest BCUT2D eigenvalue weighted by Crippen LogP contribution is 2.28. The van der Waals surface area contributed by atoms with Gasteiger partial charge in [-0.3, -0.25) is 4.79 Å². The molecule has 31 heavy (non-hydrogen) atoms. The summed E-state index contributed by atoms with van der Waals surface area (Å²) in [5, 5.41) is 15.6. The Morgan fingerprint density at radius 1 is 1.10 bits per heavy atom. The monoisotopic (exact) mass is 421 g/mol. The molecule has 3 rings (SSSR count). The van der Waals surface area contributed by atoms with Crippen LogP contribution in [-0.4, -0.2) is 39.0 Å². The molecule has 0 heterocycles. The van der Waals surface area contributed by atoms with Crippen LogP contribution in [0.25, 0.3) is 0 Å². The summed E-state index contributed by atoms with van der Waals surface area (Å²) >= 11 is 0. The number of oxime groups is 1. The van der Waals surface area contributed by atoms with Gasteiger partial charge in [0.1, 0.15) is 13.2 Å². The summed E-state index contributed by atoms with van der Waals surface area (Å²) in [6, 6.07) is 13.5. The van der Waals surface area contributed by atoms with Crippen LogP contribution in [0.15, 0.2) is 41.6 Å². The van der Waals surface area contributed by atoms with E-state index in [0.717, 1.165) is 24.0 Å². The van der Waals surface area contributed by atoms with E-state index in [2.05, 4.69) is 22.6 Å². The normalized spacial score (nSPS) is 13.0. The van der Waals surface area contributed by atoms with Crippen molar-refractivity contribution in [2.45, 2.75) is 32.1 Å². The quantitative estimate of drug-likeness (QED) is 0.496. The first kappa shape index (κ1) is 22.2. The van der Waals surface area contributed by atoms with Crippen molar-refractivity contribution >= 4 is 11.6 Å². The number of nitrogens with zero attached hydrogens (tertiary/aromatic N) is 2. The molecule has 0 aliphatic heterocycles. The average molecular weight is 421 g/mol. The van der Waals surface area contributed by atoms with Crippen LogP contribution >= 0.6 is 0 Å². The molecule has 0 atom stereocenters. The molecular weight excluding hydrogens is 394 g/mol. The Bertz CT molecular complexity index is 995. The van der Waals surface area contributed by atoms with Crippen LogP contribution in [0, 0.1) is 11.3 Å². The summed E-state index contributed by atoms with van der Waals surface area (Å²) in [4.78, 5) is 17.7. The molecule has 0 saturated carbocycles. The van der Waals surface area contributed by atoms with E-state index in [1.165, 1.54) is 31.1 Å². The number of ether oxygens (including phenoxy) is 2. The number of nitrogens with one attached hydrogen (secondary N) is 1. The maximum absolute atomic E-state index is 12.8. The first-order valence-corrected chi connectivity index (χ1v) is 10.3. The lowest BCUT2D eigenvalue weighted by Crippen LogP contribution is -2.33. The van der Waals surface area contributed by atoms with Gasteiger partial charge in [0.2, 0.25) is 0 Å². The van der Waals surface area contributed by atoms with Crippen molar-refractivity contribution in [3.63, 3.8) is 0 Å². The van der Waals surface area contributed by atoms with Gasteiger partial charge in [0.15, 0.2) is 23.8 Å². The summed E-state index contributed by atoms with van der Waals surface area (Å²) < 4.78 is 10.7. The third-order valence-electron chi connectivity index (χ3n) is 5.24. The second-order valence-corrected chi connectivity index (χ2v) is 7.25. The number of fused-ring (bicyclic) bond motifs is 1. The van der Waals surface area contributed by atoms with Crippen LogP contribution in [0.4, 0.5) is 0 Å². The number of nitriles is 1. The number of amides is 1. The Morgan fingerprint density at radius 3 is 2.65 bits per heavy atom. The maximum atomic E-state index is 12.8. The smallest absolute Gasteiger partial charge is 0.273 e. The molecule has 7 heteroatoms. The molecule has 0 unspecified atom stereocenters. The highest BCUT2D eigenvalue weighted by Gasteiger charge is 2.18. The zero-order chi connectivity index (χ0) is 22.1. The number of aryl methyl sites for hydroxylation is 2. The Balaban J connectivity index is 1.63. The van der Waals surface area contributed by atoms with E-state index >= 15 is 0 Å². The molecule has 0 saturated heterocycles. The number of hydrogen-bond acceptors (Lipinski definition) is 6. The molecule has 2 aromatic rings. The van der Waals surface area contributed by atoms with Gasteiger partial charge in [0.05, 0.1) is 7.11 Å². The van der Waals surface area contributed by atoms with Gasteiger partial charge in [-0.2, -0.15) is 5.26 Å². The van der Waals surface area contributed by atoms with Crippen molar-refractivity contribution in [3.05, 3.63) is 58.7 Å². The molecule has 2 aromatic carbocycles. The van der Waals surface area contributed by atoms with Crippen LogP contribution in [0.5, 0.6) is 11.5 Å². The maximum Gasteiger partial charge on any atom is 0.273 e. The molecule has 0 aromatic heterocycles. The van der Waals surface area contributed by atoms with Crippen LogP contribution < -0.4 is 14.8 Å². The minimum absolute atomic E-state index is 0.0456. The van der Waals surface area contributed by atoms with Crippen LogP contribution in [0.1, 0.15) is 35.1 Å². The van der Waals surface area contributed by atoms with Crippen molar-refractivity contribution < 1.29 is 19.1 Å². The highest BCUT2D eigenvalue weighted by atomic mass is 16.6. The van der Waals surface area contributed by atoms with Crippen molar-refractivity contribution in [2.24, 2.45) is 5.16 Å². The third-order valence-corrected chi connectivity index (χ3v) is 5.24. The molecule has 0 bridgehead atoms. The molecular formula is C24H27N3O4. The molecule has 1 aliphatic rings. The van der Waals surface area contributed by atoms with E-state index in [-0.39, 0.29) is 18.2 Å². The van der Waals surface area contributed by atoms with Gasteiger partial charge < -0.3 is 19.6 Å². The van der Waals surface area contributed by atoms with Crippen molar-refractivity contribution in [1.82, 2.24) is 5.32 Å². The summed E-state index contributed by atoms with van der Waals surface area (Å²) in [5.41, 5.74) is 4.64. The molecule has 0 radical (unpaired) electrons. The van der Waals surface area contributed by atoms with Crippen molar-refractivity contribution in [1.29, 1.82) is 5.26 Å². The fraction of sp³-hybridized carbons (Fsp3) is 0.375. The first-order valence-electron chi connectivity index (χ1n) is 10.3. The lowest BCUT2D eigenvalue weighted by Gasteiger charge is -2.17. The van der Waals surface area contributed by atoms with Gasteiger partial charge in [-0.1, -0.05) is 23.4 Å². The number of hydrogen-bond donors (Lipinski definition) is 1. The number of carbonyl (C=O) groups is 1. The van der Waals surface area contributed by atoms with E-state index in [1.807, 2.05) is 24.3 Å². The number of benzene rings is 2. The highest BCUT2D eigenvalue weighted by molar-refractivity contribution is 6.45. The molecule has 1 aliphatic carbocycles. The van der Waals surface area contributed by atoms with Gasteiger partial charge in [-0.25, -0.2) is 0 Å². The lowest BCUT2D eigenvalue weighted by molar-refractivity contribution is -0.114. The summed E-state index contributed by atoms with van der Waals surface area (Å²) in [5.74, 6) is 0.784. The molecule has 1 amide bonds. The van der Waals surface area contributed by atoms with Crippen molar-refractivity contribution in [3.8, 4) is 17.6 Å². The second-order valence-electron chi connectivity index (χ2n) is 7.25. The Labute approximate surface area is 182 Å². The predicted molar refractivity (Wildman–Crippen MR) is 117 cm³/mol. The Kier molecular flexibility index (Phi) is 7.88. The van der Waals surface area contributed by atoms with Crippen LogP contribution in [0.2, 0.25) is 0 Å². The standard InChI is InChI=1S/C24H27N3O4/c1-29-22-15-17(7-10-21(22)31-14-12-25)11-13-26-24(28)23(27-30-2)20-9-8-18-5-3-4-6-19(18)16-20/h7-10,15-16H,3-6,11,13-14H2,1-2H3,(H,26,28). The third kappa shape index (κ3) is 5.76. The van der Waals surface area contributed by atoms with Crippen LogP contribution in [-0.2, 0) is 28.9 Å². The van der Waals surface area contributed by atoms with Gasteiger partial charge in [0.25, 0.3) is 5.91 Å². The average Bonchev–Trinajstić information content (AvgIpc) is 2.81. The summed E-state index contributed by atoms with van der Waals surface area (Å²) in [6.07, 6.45) is 5.10. The zero-order valence-electron chi connectivity index (χ0n) is 17.9. The SMILES string of the molecule is CON=C(C(=O)NCCc1ccc(OCC#N)c(OC)c1)c1ccc2c(c1)CCCC2. The van der Waals surface area contributed by atoms with Gasteiger partial charge in [0, 0.05) is 12.1 Å². The zero-order valence-corrected chi connectivity index (χ0v) is 17.9. The Morgan fingerprint density at radius 2 is 1.90 bits per heavy atom. The minimum Gasteiger partial charge on any atom is -0.493 e. The minimum atomic E-state index is -0.279. The van der Waals surface area contributed by atoms with E-state index in [0.29, 0.717) is 24.5 Å². The second kappa shape index (κ2) is 11.0. The summed E-state index contributed by atoms with van der Waals surface area (Å²) in [6.45, 7) is 0.379. The van der Waals surface area contributed by atoms with Gasteiger partial charge in [-0.15, -0.1) is 0 Å². The van der Waals surface area contributed by atoms with E-state index in [4.69, 9.17) is 19.6 Å². The molecule has 7 nitrogen and oxygen atoms in total. The molecule has 1 N–H and O–H groups in total. The van der Waals surface area contributed by atoms with Crippen molar-refractivity contribution in [2.75, 3.05) is 27.4 Å². The van der Waals surface area contributed by atoms with E-state index in [1.54, 1.807) is 13.2 Å². The molecule has 0 fully saturated rings. The number of rotatable bonds is 9. The fourth-order valence-electron chi connectivity index (χ4n) is 3.70. The Hall–Kier alpha value is -3.53. The largest absolute Gasteiger partial charge is 0.493 e. The van der Waals surface area contributed by atoms with E-state index < -0.39 is 0 Å². The predicted octanol–water partition coefficient (Wildman–Crippen LogP) is 3.19. The van der Waals surface area contributed by atoms with Crippen LogP contribution in [0.3, 0.4) is 0 Å². The molecule has 162 valence electrons. The topological polar surface area (TPSA) is 92.9 Å². The van der Waals surface area contributed by atoms with Gasteiger partial charge >= 0.3 is 0 Å².